The molecule has 0 aliphatic heterocycles. The smallest absolute Gasteiger partial charge is 0.404 e. The fourth-order valence-electron chi connectivity index (χ4n) is 1.02. The first-order valence-electron chi connectivity index (χ1n) is 4.30. The van der Waals surface area contributed by atoms with Gasteiger partial charge in [0.05, 0.1) is 0 Å². The predicted molar refractivity (Wildman–Crippen MR) is 50.9 cm³/mol. The lowest BCUT2D eigenvalue weighted by atomic mass is 10.1. The number of carbonyl (C=O) groups excluding carboxylic acids is 2. The van der Waals surface area contributed by atoms with Crippen molar-refractivity contribution in [1.82, 2.24) is 0 Å². The summed E-state index contributed by atoms with van der Waals surface area (Å²) in [6, 6.07) is 5.15. The molecule has 0 bridgehead atoms. The highest BCUT2D eigenvalue weighted by Crippen LogP contribution is 2.05. The highest BCUT2D eigenvalue weighted by Gasteiger charge is 2.06. The molecule has 0 atom stereocenters. The molecule has 1 aromatic rings. The minimum Gasteiger partial charge on any atom is -0.449 e. The molecular formula is C10H10FNO3. The van der Waals surface area contributed by atoms with E-state index in [0.717, 1.165) is 0 Å². The molecule has 5 heteroatoms. The lowest BCUT2D eigenvalue weighted by Crippen LogP contribution is -2.15. The second kappa shape index (κ2) is 5.09. The van der Waals surface area contributed by atoms with Crippen LogP contribution in [0, 0.1) is 5.82 Å². The van der Waals surface area contributed by atoms with E-state index < -0.39 is 11.9 Å². The number of ketones is 1. The van der Waals surface area contributed by atoms with Gasteiger partial charge >= 0.3 is 6.09 Å². The summed E-state index contributed by atoms with van der Waals surface area (Å²) in [7, 11) is 0. The third kappa shape index (κ3) is 3.76. The van der Waals surface area contributed by atoms with Crippen LogP contribution in [0.5, 0.6) is 0 Å². The third-order valence-corrected chi connectivity index (χ3v) is 1.74. The van der Waals surface area contributed by atoms with Crippen LogP contribution < -0.4 is 5.73 Å². The van der Waals surface area contributed by atoms with Crippen LogP contribution in [0.3, 0.4) is 0 Å². The number of rotatable bonds is 4. The fourth-order valence-corrected chi connectivity index (χ4v) is 1.02. The summed E-state index contributed by atoms with van der Waals surface area (Å²) in [5, 5.41) is 0. The van der Waals surface area contributed by atoms with Gasteiger partial charge in [-0.2, -0.15) is 0 Å². The summed E-state index contributed by atoms with van der Waals surface area (Å²) >= 11 is 0. The Kier molecular flexibility index (Phi) is 3.79. The predicted octanol–water partition coefficient (Wildman–Crippen LogP) is 1.49. The zero-order valence-electron chi connectivity index (χ0n) is 7.90. The lowest BCUT2D eigenvalue weighted by molar-refractivity contribution is 0.0940. The van der Waals surface area contributed by atoms with Crippen molar-refractivity contribution in [2.75, 3.05) is 6.61 Å². The molecule has 0 unspecified atom stereocenters. The Hall–Kier alpha value is -1.91. The van der Waals surface area contributed by atoms with Crippen molar-refractivity contribution in [2.24, 2.45) is 5.73 Å². The molecule has 15 heavy (non-hydrogen) atoms. The van der Waals surface area contributed by atoms with Crippen molar-refractivity contribution in [3.63, 3.8) is 0 Å². The minimum absolute atomic E-state index is 0.0363. The van der Waals surface area contributed by atoms with E-state index in [1.807, 2.05) is 0 Å². The third-order valence-electron chi connectivity index (χ3n) is 1.74. The molecule has 0 heterocycles. The summed E-state index contributed by atoms with van der Waals surface area (Å²) in [5.74, 6) is -0.629. The molecule has 4 nitrogen and oxygen atoms in total. The van der Waals surface area contributed by atoms with Crippen molar-refractivity contribution in [3.8, 4) is 0 Å². The van der Waals surface area contributed by atoms with Gasteiger partial charge in [-0.05, 0) is 24.3 Å². The molecule has 0 spiro atoms. The van der Waals surface area contributed by atoms with Crippen molar-refractivity contribution >= 4 is 11.9 Å². The van der Waals surface area contributed by atoms with Crippen LogP contribution in [0.25, 0.3) is 0 Å². The van der Waals surface area contributed by atoms with Crippen molar-refractivity contribution in [1.29, 1.82) is 0 Å². The van der Waals surface area contributed by atoms with E-state index in [4.69, 9.17) is 5.73 Å². The Bertz CT molecular complexity index is 361. The largest absolute Gasteiger partial charge is 0.449 e. The van der Waals surface area contributed by atoms with E-state index >= 15 is 0 Å². The first kappa shape index (κ1) is 11.2. The van der Waals surface area contributed by atoms with Gasteiger partial charge in [0.15, 0.2) is 5.78 Å². The maximum atomic E-state index is 12.5. The Labute approximate surface area is 85.8 Å². The Morgan fingerprint density at radius 3 is 2.40 bits per heavy atom. The number of halogens is 1. The van der Waals surface area contributed by atoms with E-state index in [1.54, 1.807) is 0 Å². The van der Waals surface area contributed by atoms with Crippen molar-refractivity contribution < 1.29 is 18.7 Å². The molecule has 0 aliphatic rings. The second-order valence-electron chi connectivity index (χ2n) is 2.85. The van der Waals surface area contributed by atoms with Gasteiger partial charge in [0.2, 0.25) is 0 Å². The maximum Gasteiger partial charge on any atom is 0.404 e. The van der Waals surface area contributed by atoms with Crippen LogP contribution in [-0.2, 0) is 4.74 Å². The quantitative estimate of drug-likeness (QED) is 0.767. The zero-order chi connectivity index (χ0) is 11.3. The Balaban J connectivity index is 2.47. The van der Waals surface area contributed by atoms with Crippen LogP contribution in [0.1, 0.15) is 16.8 Å². The first-order valence-corrected chi connectivity index (χ1v) is 4.30. The van der Waals surface area contributed by atoms with E-state index in [0.29, 0.717) is 5.56 Å². The highest BCUT2D eigenvalue weighted by atomic mass is 19.1. The number of benzene rings is 1. The van der Waals surface area contributed by atoms with Crippen LogP contribution in [-0.4, -0.2) is 18.5 Å². The number of Topliss-reactive ketones (excluding diaryl/α,β-unsaturated/α-hetero) is 1. The summed E-state index contributed by atoms with van der Waals surface area (Å²) in [6.07, 6.45) is -0.879. The van der Waals surface area contributed by atoms with Gasteiger partial charge in [-0.15, -0.1) is 0 Å². The average molecular weight is 211 g/mol. The van der Waals surface area contributed by atoms with E-state index in [1.165, 1.54) is 24.3 Å². The normalized spacial score (nSPS) is 9.67. The van der Waals surface area contributed by atoms with Gasteiger partial charge in [0.25, 0.3) is 0 Å². The SMILES string of the molecule is NC(=O)OCCC(=O)c1ccc(F)cc1. The van der Waals surface area contributed by atoms with E-state index in [9.17, 15) is 14.0 Å². The standard InChI is InChI=1S/C10H10FNO3/c11-8-3-1-7(2-4-8)9(13)5-6-15-10(12)14/h1-4H,5-6H2,(H2,12,14). The van der Waals surface area contributed by atoms with Crippen LogP contribution in [0.4, 0.5) is 9.18 Å². The molecule has 2 N–H and O–H groups in total. The number of primary amides is 1. The molecule has 0 fully saturated rings. The zero-order valence-corrected chi connectivity index (χ0v) is 7.90. The number of nitrogens with two attached hydrogens (primary N) is 1. The summed E-state index contributed by atoms with van der Waals surface area (Å²) in [4.78, 5) is 21.6. The van der Waals surface area contributed by atoms with E-state index in [-0.39, 0.29) is 18.8 Å². The molecule has 1 aromatic carbocycles. The number of carbonyl (C=O) groups is 2. The topological polar surface area (TPSA) is 69.4 Å². The summed E-state index contributed by atoms with van der Waals surface area (Å²) in [6.45, 7) is -0.0639. The van der Waals surface area contributed by atoms with Gasteiger partial charge in [0, 0.05) is 12.0 Å². The monoisotopic (exact) mass is 211 g/mol. The summed E-state index contributed by atoms with van der Waals surface area (Å²) < 4.78 is 16.9. The van der Waals surface area contributed by atoms with Crippen molar-refractivity contribution in [3.05, 3.63) is 35.6 Å². The molecule has 0 saturated heterocycles. The lowest BCUT2D eigenvalue weighted by Gasteiger charge is -2.01. The fraction of sp³-hybridized carbons (Fsp3) is 0.200. The number of ether oxygens (including phenoxy) is 1. The molecular weight excluding hydrogens is 201 g/mol. The van der Waals surface area contributed by atoms with Crippen LogP contribution in [0.15, 0.2) is 24.3 Å². The molecule has 0 aromatic heterocycles. The highest BCUT2D eigenvalue weighted by molar-refractivity contribution is 5.96. The summed E-state index contributed by atoms with van der Waals surface area (Å²) in [5.41, 5.74) is 5.09. The molecule has 1 rings (SSSR count). The van der Waals surface area contributed by atoms with Gasteiger partial charge in [0.1, 0.15) is 12.4 Å². The average Bonchev–Trinajstić information content (AvgIpc) is 2.18. The van der Waals surface area contributed by atoms with Gasteiger partial charge in [-0.1, -0.05) is 0 Å². The molecule has 1 amide bonds. The minimum atomic E-state index is -0.915. The molecule has 80 valence electrons. The number of hydrogen-bond donors (Lipinski definition) is 1. The maximum absolute atomic E-state index is 12.5. The van der Waals surface area contributed by atoms with Crippen LogP contribution in [0.2, 0.25) is 0 Å². The second-order valence-corrected chi connectivity index (χ2v) is 2.85. The Morgan fingerprint density at radius 2 is 1.87 bits per heavy atom. The molecule has 0 aliphatic carbocycles. The first-order chi connectivity index (χ1) is 7.09. The number of hydrogen-bond acceptors (Lipinski definition) is 3. The number of amides is 1. The van der Waals surface area contributed by atoms with Gasteiger partial charge in [-0.25, -0.2) is 9.18 Å². The van der Waals surface area contributed by atoms with Crippen LogP contribution >= 0.6 is 0 Å². The van der Waals surface area contributed by atoms with E-state index in [2.05, 4.69) is 4.74 Å². The molecule has 0 radical (unpaired) electrons. The van der Waals surface area contributed by atoms with Gasteiger partial charge in [-0.3, -0.25) is 4.79 Å². The molecule has 0 saturated carbocycles. The van der Waals surface area contributed by atoms with Gasteiger partial charge < -0.3 is 10.5 Å². The Morgan fingerprint density at radius 1 is 1.27 bits per heavy atom. The van der Waals surface area contributed by atoms with Crippen molar-refractivity contribution in [2.45, 2.75) is 6.42 Å².